The highest BCUT2D eigenvalue weighted by atomic mass is 32.1. The van der Waals surface area contributed by atoms with Gasteiger partial charge in [-0.3, -0.25) is 4.79 Å². The fourth-order valence-corrected chi connectivity index (χ4v) is 3.43. The van der Waals surface area contributed by atoms with Gasteiger partial charge in [0.05, 0.1) is 16.6 Å². The largest absolute Gasteiger partial charge is 0.277 e. The molecular formula is C16H16N2OS. The number of hydrogen-bond acceptors (Lipinski definition) is 3. The lowest BCUT2D eigenvalue weighted by Crippen LogP contribution is -2.33. The lowest BCUT2D eigenvalue weighted by molar-refractivity contribution is -0.119. The number of hydrazone groups is 1. The van der Waals surface area contributed by atoms with Crippen molar-refractivity contribution < 1.29 is 4.79 Å². The molecule has 0 bridgehead atoms. The SMILES string of the molecule is CC1C(c2cccs2)=NN(C=O)C1Cc1ccccc1. The smallest absolute Gasteiger partial charge is 0.230 e. The Hall–Kier alpha value is -1.94. The molecule has 1 aromatic carbocycles. The maximum absolute atomic E-state index is 11.3. The molecule has 0 N–H and O–H groups in total. The van der Waals surface area contributed by atoms with Crippen molar-refractivity contribution in [2.45, 2.75) is 19.4 Å². The van der Waals surface area contributed by atoms with Crippen molar-refractivity contribution in [3.63, 3.8) is 0 Å². The van der Waals surface area contributed by atoms with Gasteiger partial charge in [-0.1, -0.05) is 43.3 Å². The molecule has 0 saturated heterocycles. The molecule has 1 aliphatic heterocycles. The molecule has 2 unspecified atom stereocenters. The molecule has 1 amide bonds. The molecule has 2 aromatic rings. The van der Waals surface area contributed by atoms with E-state index in [2.05, 4.69) is 30.2 Å². The highest BCUT2D eigenvalue weighted by Crippen LogP contribution is 2.29. The van der Waals surface area contributed by atoms with Gasteiger partial charge in [0.1, 0.15) is 0 Å². The molecule has 0 spiro atoms. The van der Waals surface area contributed by atoms with Gasteiger partial charge in [0, 0.05) is 5.92 Å². The Labute approximate surface area is 122 Å². The van der Waals surface area contributed by atoms with E-state index in [4.69, 9.17) is 0 Å². The van der Waals surface area contributed by atoms with E-state index in [0.717, 1.165) is 23.4 Å². The van der Waals surface area contributed by atoms with Gasteiger partial charge in [0.25, 0.3) is 0 Å². The molecule has 2 heterocycles. The van der Waals surface area contributed by atoms with Gasteiger partial charge >= 0.3 is 0 Å². The Morgan fingerprint density at radius 1 is 1.25 bits per heavy atom. The summed E-state index contributed by atoms with van der Waals surface area (Å²) in [6.07, 6.45) is 1.67. The van der Waals surface area contributed by atoms with Gasteiger partial charge < -0.3 is 0 Å². The molecule has 0 fully saturated rings. The van der Waals surface area contributed by atoms with Crippen LogP contribution in [0, 0.1) is 5.92 Å². The number of carbonyl (C=O) groups is 1. The number of thiophene rings is 1. The van der Waals surface area contributed by atoms with E-state index in [1.807, 2.05) is 29.6 Å². The molecular weight excluding hydrogens is 268 g/mol. The van der Waals surface area contributed by atoms with Crippen molar-refractivity contribution in [2.24, 2.45) is 11.0 Å². The zero-order valence-electron chi connectivity index (χ0n) is 11.3. The van der Waals surface area contributed by atoms with Crippen LogP contribution in [0.2, 0.25) is 0 Å². The van der Waals surface area contributed by atoms with Crippen LogP contribution >= 0.6 is 11.3 Å². The molecule has 2 atom stereocenters. The van der Waals surface area contributed by atoms with E-state index in [1.165, 1.54) is 5.56 Å². The monoisotopic (exact) mass is 284 g/mol. The first-order valence-corrected chi connectivity index (χ1v) is 7.57. The van der Waals surface area contributed by atoms with Crippen molar-refractivity contribution >= 4 is 23.5 Å². The third-order valence-corrected chi connectivity index (χ3v) is 4.63. The van der Waals surface area contributed by atoms with Crippen LogP contribution in [0.25, 0.3) is 0 Å². The summed E-state index contributed by atoms with van der Waals surface area (Å²) < 4.78 is 0. The average Bonchev–Trinajstić information content (AvgIpc) is 3.10. The molecule has 102 valence electrons. The fraction of sp³-hybridized carbons (Fsp3) is 0.250. The summed E-state index contributed by atoms with van der Waals surface area (Å²) >= 11 is 1.67. The molecule has 20 heavy (non-hydrogen) atoms. The minimum absolute atomic E-state index is 0.104. The molecule has 3 rings (SSSR count). The van der Waals surface area contributed by atoms with Gasteiger partial charge in [-0.05, 0) is 23.4 Å². The van der Waals surface area contributed by atoms with Gasteiger partial charge in [-0.2, -0.15) is 5.10 Å². The molecule has 3 nitrogen and oxygen atoms in total. The highest BCUT2D eigenvalue weighted by Gasteiger charge is 2.35. The number of rotatable bonds is 4. The first kappa shape index (κ1) is 13.1. The normalized spacial score (nSPS) is 21.9. The van der Waals surface area contributed by atoms with Crippen molar-refractivity contribution in [1.29, 1.82) is 0 Å². The maximum atomic E-state index is 11.3. The lowest BCUT2D eigenvalue weighted by Gasteiger charge is -2.21. The van der Waals surface area contributed by atoms with Crippen LogP contribution in [0.1, 0.15) is 17.4 Å². The Bertz CT molecular complexity index is 607. The second kappa shape index (κ2) is 5.59. The summed E-state index contributed by atoms with van der Waals surface area (Å²) in [6, 6.07) is 14.4. The molecule has 4 heteroatoms. The van der Waals surface area contributed by atoms with Crippen LogP contribution in [0.4, 0.5) is 0 Å². The van der Waals surface area contributed by atoms with Gasteiger partial charge in [0.2, 0.25) is 6.41 Å². The molecule has 0 aliphatic carbocycles. The Balaban J connectivity index is 1.84. The van der Waals surface area contributed by atoms with Crippen LogP contribution in [-0.2, 0) is 11.2 Å². The number of amides is 1. The van der Waals surface area contributed by atoms with E-state index in [9.17, 15) is 4.79 Å². The standard InChI is InChI=1S/C16H16N2OS/c1-12-14(10-13-6-3-2-4-7-13)18(11-19)17-16(12)15-8-5-9-20-15/h2-9,11-12,14H,10H2,1H3. The number of nitrogens with zero attached hydrogens (tertiary/aromatic N) is 2. The van der Waals surface area contributed by atoms with Gasteiger partial charge in [-0.25, -0.2) is 5.01 Å². The quantitative estimate of drug-likeness (QED) is 0.794. The van der Waals surface area contributed by atoms with Gasteiger partial charge in [0.15, 0.2) is 0 Å². The summed E-state index contributed by atoms with van der Waals surface area (Å²) in [5.74, 6) is 0.249. The van der Waals surface area contributed by atoms with E-state index >= 15 is 0 Å². The van der Waals surface area contributed by atoms with Crippen LogP contribution in [-0.4, -0.2) is 23.2 Å². The fourth-order valence-electron chi connectivity index (χ4n) is 2.63. The number of hydrogen-bond donors (Lipinski definition) is 0. The average molecular weight is 284 g/mol. The van der Waals surface area contributed by atoms with Crippen molar-refractivity contribution in [2.75, 3.05) is 0 Å². The van der Waals surface area contributed by atoms with Crippen LogP contribution in [0.5, 0.6) is 0 Å². The molecule has 1 aliphatic rings. The first-order chi connectivity index (χ1) is 9.79. The summed E-state index contributed by atoms with van der Waals surface area (Å²) in [5, 5.41) is 8.12. The van der Waals surface area contributed by atoms with Crippen LogP contribution < -0.4 is 0 Å². The Morgan fingerprint density at radius 2 is 2.05 bits per heavy atom. The predicted molar refractivity (Wildman–Crippen MR) is 81.9 cm³/mol. The first-order valence-electron chi connectivity index (χ1n) is 6.69. The zero-order valence-corrected chi connectivity index (χ0v) is 12.1. The number of benzene rings is 1. The van der Waals surface area contributed by atoms with Crippen molar-refractivity contribution in [3.05, 3.63) is 58.3 Å². The van der Waals surface area contributed by atoms with E-state index in [0.29, 0.717) is 0 Å². The zero-order chi connectivity index (χ0) is 13.9. The molecule has 0 saturated carbocycles. The third-order valence-electron chi connectivity index (χ3n) is 3.74. The summed E-state index contributed by atoms with van der Waals surface area (Å²) in [5.41, 5.74) is 2.26. The van der Waals surface area contributed by atoms with Crippen molar-refractivity contribution in [3.8, 4) is 0 Å². The van der Waals surface area contributed by atoms with E-state index in [1.54, 1.807) is 16.3 Å². The maximum Gasteiger partial charge on any atom is 0.230 e. The topological polar surface area (TPSA) is 32.7 Å². The molecule has 0 radical (unpaired) electrons. The summed E-state index contributed by atoms with van der Waals surface area (Å²) in [6.45, 7) is 2.15. The number of carbonyl (C=O) groups excluding carboxylic acids is 1. The minimum Gasteiger partial charge on any atom is -0.277 e. The van der Waals surface area contributed by atoms with Crippen LogP contribution in [0.15, 0.2) is 52.9 Å². The highest BCUT2D eigenvalue weighted by molar-refractivity contribution is 7.12. The third kappa shape index (κ3) is 2.39. The molecule has 1 aromatic heterocycles. The summed E-state index contributed by atoms with van der Waals surface area (Å²) in [4.78, 5) is 12.4. The van der Waals surface area contributed by atoms with E-state index in [-0.39, 0.29) is 12.0 Å². The second-order valence-electron chi connectivity index (χ2n) is 4.99. The summed E-state index contributed by atoms with van der Waals surface area (Å²) in [7, 11) is 0. The lowest BCUT2D eigenvalue weighted by atomic mass is 9.91. The van der Waals surface area contributed by atoms with Crippen LogP contribution in [0.3, 0.4) is 0 Å². The van der Waals surface area contributed by atoms with Gasteiger partial charge in [-0.15, -0.1) is 11.3 Å². The minimum atomic E-state index is 0.104. The second-order valence-corrected chi connectivity index (χ2v) is 5.94. The predicted octanol–water partition coefficient (Wildman–Crippen LogP) is 3.17. The van der Waals surface area contributed by atoms with E-state index < -0.39 is 0 Å². The Kier molecular flexibility index (Phi) is 3.65. The van der Waals surface area contributed by atoms with Crippen molar-refractivity contribution in [1.82, 2.24) is 5.01 Å². The Morgan fingerprint density at radius 3 is 2.70 bits per heavy atom.